The van der Waals surface area contributed by atoms with E-state index in [9.17, 15) is 0 Å². The predicted molar refractivity (Wildman–Crippen MR) is 34.7 cm³/mol. The molecule has 0 amide bonds. The lowest BCUT2D eigenvalue weighted by Gasteiger charge is -2.01. The molecule has 0 fully saturated rings. The molecule has 40 valence electrons. The minimum atomic E-state index is 0.685. The zero-order valence-electron chi connectivity index (χ0n) is 4.59. The van der Waals surface area contributed by atoms with E-state index in [1.807, 2.05) is 6.21 Å². The van der Waals surface area contributed by atoms with Crippen molar-refractivity contribution < 1.29 is 0 Å². The standard InChI is InChI=1S/C5H9NS/c1-4-3-6-7-5(4)2/h3-5H,1-2H3/t4-,5-/m1/s1. The van der Waals surface area contributed by atoms with Gasteiger partial charge in [-0.25, -0.2) is 4.40 Å². The summed E-state index contributed by atoms with van der Waals surface area (Å²) in [5.74, 6) is 0.685. The van der Waals surface area contributed by atoms with Crippen molar-refractivity contribution in [2.45, 2.75) is 19.1 Å². The first-order chi connectivity index (χ1) is 3.30. The third-order valence-electron chi connectivity index (χ3n) is 1.26. The van der Waals surface area contributed by atoms with Gasteiger partial charge in [0.2, 0.25) is 0 Å². The van der Waals surface area contributed by atoms with E-state index in [-0.39, 0.29) is 0 Å². The van der Waals surface area contributed by atoms with Gasteiger partial charge in [-0.3, -0.25) is 0 Å². The fourth-order valence-corrected chi connectivity index (χ4v) is 1.16. The zero-order valence-corrected chi connectivity index (χ0v) is 5.40. The van der Waals surface area contributed by atoms with Crippen LogP contribution in [0.25, 0.3) is 0 Å². The third-order valence-corrected chi connectivity index (χ3v) is 2.27. The van der Waals surface area contributed by atoms with Crippen LogP contribution in [0.15, 0.2) is 4.40 Å². The van der Waals surface area contributed by atoms with Gasteiger partial charge in [-0.1, -0.05) is 13.8 Å². The van der Waals surface area contributed by atoms with Crippen LogP contribution in [0.4, 0.5) is 0 Å². The lowest BCUT2D eigenvalue weighted by molar-refractivity contribution is 0.788. The topological polar surface area (TPSA) is 12.4 Å². The Morgan fingerprint density at radius 3 is 2.43 bits per heavy atom. The first kappa shape index (κ1) is 5.16. The third kappa shape index (κ3) is 0.969. The molecule has 0 aromatic carbocycles. The molecule has 1 rings (SSSR count). The van der Waals surface area contributed by atoms with Crippen LogP contribution in [0, 0.1) is 5.92 Å². The monoisotopic (exact) mass is 115 g/mol. The molecular formula is C5H9NS. The molecule has 1 nitrogen and oxygen atoms in total. The molecule has 1 aliphatic rings. The maximum atomic E-state index is 4.04. The highest BCUT2D eigenvalue weighted by Crippen LogP contribution is 2.24. The summed E-state index contributed by atoms with van der Waals surface area (Å²) in [6, 6.07) is 0. The van der Waals surface area contributed by atoms with Crippen LogP contribution in [-0.4, -0.2) is 11.5 Å². The van der Waals surface area contributed by atoms with Crippen molar-refractivity contribution in [3.05, 3.63) is 0 Å². The van der Waals surface area contributed by atoms with E-state index in [1.165, 1.54) is 0 Å². The molecular weight excluding hydrogens is 106 g/mol. The van der Waals surface area contributed by atoms with Gasteiger partial charge in [-0.15, -0.1) is 0 Å². The van der Waals surface area contributed by atoms with Crippen LogP contribution in [-0.2, 0) is 0 Å². The van der Waals surface area contributed by atoms with E-state index < -0.39 is 0 Å². The molecule has 1 aliphatic heterocycles. The second kappa shape index (κ2) is 1.86. The normalized spacial score (nSPS) is 39.7. The molecule has 2 atom stereocenters. The van der Waals surface area contributed by atoms with Gasteiger partial charge in [-0.05, 0) is 11.9 Å². The molecule has 7 heavy (non-hydrogen) atoms. The molecule has 0 radical (unpaired) electrons. The van der Waals surface area contributed by atoms with Gasteiger partial charge < -0.3 is 0 Å². The van der Waals surface area contributed by atoms with Crippen molar-refractivity contribution >= 4 is 18.2 Å². The van der Waals surface area contributed by atoms with Crippen molar-refractivity contribution in [3.63, 3.8) is 0 Å². The number of hydrogen-bond acceptors (Lipinski definition) is 2. The molecule has 0 aromatic heterocycles. The molecule has 0 bridgehead atoms. The van der Waals surface area contributed by atoms with Crippen molar-refractivity contribution in [3.8, 4) is 0 Å². The highest BCUT2D eigenvalue weighted by atomic mass is 32.2. The Hall–Kier alpha value is 0.0200. The van der Waals surface area contributed by atoms with Gasteiger partial charge in [0.15, 0.2) is 0 Å². The summed E-state index contributed by atoms with van der Waals surface area (Å²) >= 11 is 1.67. The average molecular weight is 115 g/mol. The summed E-state index contributed by atoms with van der Waals surface area (Å²) in [4.78, 5) is 0. The van der Waals surface area contributed by atoms with Crippen LogP contribution >= 0.6 is 11.9 Å². The first-order valence-electron chi connectivity index (χ1n) is 2.50. The number of rotatable bonds is 0. The minimum Gasteiger partial charge on any atom is -0.228 e. The molecule has 2 heteroatoms. The maximum Gasteiger partial charge on any atom is 0.0313 e. The SMILES string of the molecule is C[C@@H]1C=NS[C@@H]1C. The molecule has 0 spiro atoms. The molecule has 0 saturated carbocycles. The first-order valence-corrected chi connectivity index (χ1v) is 3.33. The molecule has 0 aliphatic carbocycles. The Balaban J connectivity index is 2.45. The molecule has 1 heterocycles. The molecule has 0 aromatic rings. The maximum absolute atomic E-state index is 4.04. The number of hydrogen-bond donors (Lipinski definition) is 0. The number of nitrogens with zero attached hydrogens (tertiary/aromatic N) is 1. The fraction of sp³-hybridized carbons (Fsp3) is 0.800. The van der Waals surface area contributed by atoms with Gasteiger partial charge in [0.1, 0.15) is 0 Å². The van der Waals surface area contributed by atoms with E-state index in [4.69, 9.17) is 0 Å². The predicted octanol–water partition coefficient (Wildman–Crippen LogP) is 1.74. The van der Waals surface area contributed by atoms with E-state index in [1.54, 1.807) is 11.9 Å². The quantitative estimate of drug-likeness (QED) is 0.438. The van der Waals surface area contributed by atoms with E-state index in [0.717, 1.165) is 0 Å². The summed E-state index contributed by atoms with van der Waals surface area (Å²) in [6.45, 7) is 4.39. The Kier molecular flexibility index (Phi) is 1.38. The second-order valence-corrected chi connectivity index (χ2v) is 3.09. The van der Waals surface area contributed by atoms with Crippen LogP contribution in [0.2, 0.25) is 0 Å². The minimum absolute atomic E-state index is 0.685. The highest BCUT2D eigenvalue weighted by molar-refractivity contribution is 7.99. The summed E-state index contributed by atoms with van der Waals surface area (Å²) < 4.78 is 4.04. The summed E-state index contributed by atoms with van der Waals surface area (Å²) in [6.07, 6.45) is 2.01. The smallest absolute Gasteiger partial charge is 0.0313 e. The lowest BCUT2D eigenvalue weighted by atomic mass is 10.1. The Morgan fingerprint density at radius 2 is 2.29 bits per heavy atom. The highest BCUT2D eigenvalue weighted by Gasteiger charge is 2.14. The molecule has 0 N–H and O–H groups in total. The Bertz CT molecular complexity index is 90.1. The second-order valence-electron chi connectivity index (χ2n) is 1.92. The van der Waals surface area contributed by atoms with Gasteiger partial charge in [0.05, 0.1) is 0 Å². The largest absolute Gasteiger partial charge is 0.228 e. The van der Waals surface area contributed by atoms with Gasteiger partial charge in [0, 0.05) is 17.4 Å². The fourth-order valence-electron chi connectivity index (χ4n) is 0.444. The molecule has 0 saturated heterocycles. The molecule has 0 unspecified atom stereocenters. The van der Waals surface area contributed by atoms with Gasteiger partial charge >= 0.3 is 0 Å². The summed E-state index contributed by atoms with van der Waals surface area (Å²) in [5.41, 5.74) is 0. The Morgan fingerprint density at radius 1 is 1.57 bits per heavy atom. The van der Waals surface area contributed by atoms with Crippen LogP contribution in [0.5, 0.6) is 0 Å². The van der Waals surface area contributed by atoms with Crippen LogP contribution in [0.3, 0.4) is 0 Å². The van der Waals surface area contributed by atoms with Gasteiger partial charge in [-0.2, -0.15) is 0 Å². The van der Waals surface area contributed by atoms with E-state index >= 15 is 0 Å². The van der Waals surface area contributed by atoms with E-state index in [2.05, 4.69) is 18.2 Å². The summed E-state index contributed by atoms with van der Waals surface area (Å²) in [7, 11) is 0. The van der Waals surface area contributed by atoms with Crippen molar-refractivity contribution in [1.29, 1.82) is 0 Å². The summed E-state index contributed by atoms with van der Waals surface area (Å²) in [5, 5.41) is 0.708. The Labute approximate surface area is 48.3 Å². The van der Waals surface area contributed by atoms with Crippen LogP contribution in [0.1, 0.15) is 13.8 Å². The van der Waals surface area contributed by atoms with Gasteiger partial charge in [0.25, 0.3) is 0 Å². The average Bonchev–Trinajstić information content (AvgIpc) is 1.91. The zero-order chi connectivity index (χ0) is 5.28. The van der Waals surface area contributed by atoms with Crippen molar-refractivity contribution in [2.75, 3.05) is 0 Å². The lowest BCUT2D eigenvalue weighted by Crippen LogP contribution is -2.03. The van der Waals surface area contributed by atoms with E-state index in [0.29, 0.717) is 11.2 Å². The van der Waals surface area contributed by atoms with Crippen molar-refractivity contribution in [1.82, 2.24) is 0 Å². The van der Waals surface area contributed by atoms with Crippen LogP contribution < -0.4 is 0 Å². The van der Waals surface area contributed by atoms with Crippen molar-refractivity contribution in [2.24, 2.45) is 10.3 Å².